The Kier molecular flexibility index (Phi) is 5.16. The summed E-state index contributed by atoms with van der Waals surface area (Å²) in [5.41, 5.74) is 3.35. The third kappa shape index (κ3) is 4.37. The Bertz CT molecular complexity index is 470. The molecule has 0 spiro atoms. The number of nitrogens with one attached hydrogen (secondary N) is 1. The zero-order valence-corrected chi connectivity index (χ0v) is 11.5. The molecule has 2 N–H and O–H groups in total. The summed E-state index contributed by atoms with van der Waals surface area (Å²) in [5.74, 6) is -0.114. The van der Waals surface area contributed by atoms with Crippen molar-refractivity contribution in [3.8, 4) is 5.75 Å². The summed E-state index contributed by atoms with van der Waals surface area (Å²) < 4.78 is 0. The molecule has 0 unspecified atom stereocenters. The largest absolute Gasteiger partial charge is 0.507 e. The fourth-order valence-electron chi connectivity index (χ4n) is 1.53. The third-order valence-corrected chi connectivity index (χ3v) is 2.49. The van der Waals surface area contributed by atoms with Gasteiger partial charge in [0.15, 0.2) is 0 Å². The maximum Gasteiger partial charge on any atom is 0.275 e. The highest BCUT2D eigenvalue weighted by atomic mass is 35.5. The van der Waals surface area contributed by atoms with Gasteiger partial charge in [-0.05, 0) is 37.5 Å². The molecule has 1 aromatic rings. The molecule has 0 aliphatic carbocycles. The first-order chi connectivity index (χ1) is 8.40. The van der Waals surface area contributed by atoms with Gasteiger partial charge in [0.2, 0.25) is 0 Å². The highest BCUT2D eigenvalue weighted by Gasteiger charge is 2.11. The number of halogens is 1. The predicted molar refractivity (Wildman–Crippen MR) is 73.1 cm³/mol. The van der Waals surface area contributed by atoms with E-state index in [2.05, 4.69) is 24.4 Å². The van der Waals surface area contributed by atoms with Crippen LogP contribution in [0.1, 0.15) is 37.6 Å². The van der Waals surface area contributed by atoms with Crippen molar-refractivity contribution < 1.29 is 9.90 Å². The number of amides is 1. The fourth-order valence-corrected chi connectivity index (χ4v) is 1.71. The van der Waals surface area contributed by atoms with E-state index in [9.17, 15) is 9.90 Å². The number of hydrazone groups is 1. The van der Waals surface area contributed by atoms with E-state index < -0.39 is 5.91 Å². The lowest BCUT2D eigenvalue weighted by Gasteiger charge is -2.06. The Morgan fingerprint density at radius 3 is 2.78 bits per heavy atom. The van der Waals surface area contributed by atoms with E-state index in [1.54, 1.807) is 0 Å². The molecule has 4 nitrogen and oxygen atoms in total. The van der Waals surface area contributed by atoms with Crippen LogP contribution in [0.4, 0.5) is 0 Å². The summed E-state index contributed by atoms with van der Waals surface area (Å²) in [5, 5.41) is 13.9. The van der Waals surface area contributed by atoms with E-state index in [1.807, 2.05) is 6.92 Å². The van der Waals surface area contributed by atoms with Crippen LogP contribution in [0.25, 0.3) is 0 Å². The summed E-state index contributed by atoms with van der Waals surface area (Å²) in [6, 6.07) is 4.29. The van der Waals surface area contributed by atoms with Crippen molar-refractivity contribution in [2.45, 2.75) is 27.2 Å². The second kappa shape index (κ2) is 6.40. The molecule has 0 saturated carbocycles. The molecule has 1 aromatic carbocycles. The Labute approximate surface area is 112 Å². The van der Waals surface area contributed by atoms with E-state index in [0.29, 0.717) is 10.9 Å². The Balaban J connectivity index is 2.74. The highest BCUT2D eigenvalue weighted by Crippen LogP contribution is 2.21. The molecule has 0 saturated heterocycles. The van der Waals surface area contributed by atoms with Crippen LogP contribution >= 0.6 is 11.6 Å². The smallest absolute Gasteiger partial charge is 0.275 e. The second-order valence-electron chi connectivity index (χ2n) is 4.55. The van der Waals surface area contributed by atoms with Crippen LogP contribution in [0.15, 0.2) is 23.3 Å². The zero-order chi connectivity index (χ0) is 13.7. The molecular weight excluding hydrogens is 252 g/mol. The van der Waals surface area contributed by atoms with Gasteiger partial charge in [-0.25, -0.2) is 5.43 Å². The van der Waals surface area contributed by atoms with Crippen LogP contribution in [-0.4, -0.2) is 16.7 Å². The van der Waals surface area contributed by atoms with Crippen LogP contribution in [0.5, 0.6) is 5.75 Å². The molecule has 18 heavy (non-hydrogen) atoms. The standard InChI is InChI=1S/C13H17ClN2O2/c1-8(2)6-9(3)15-16-13(18)11-7-10(14)4-5-12(11)17/h4-5,7-8,17H,6H2,1-3H3,(H,16,18)/b15-9+. The van der Waals surface area contributed by atoms with Crippen LogP contribution in [0, 0.1) is 5.92 Å². The first-order valence-corrected chi connectivity index (χ1v) is 6.10. The first kappa shape index (κ1) is 14.5. The number of benzene rings is 1. The topological polar surface area (TPSA) is 61.7 Å². The lowest BCUT2D eigenvalue weighted by molar-refractivity contribution is 0.0952. The van der Waals surface area contributed by atoms with Crippen LogP contribution in [0.2, 0.25) is 5.02 Å². The quantitative estimate of drug-likeness (QED) is 0.651. The second-order valence-corrected chi connectivity index (χ2v) is 4.98. The van der Waals surface area contributed by atoms with Crippen molar-refractivity contribution in [2.24, 2.45) is 11.0 Å². The summed E-state index contributed by atoms with van der Waals surface area (Å²) >= 11 is 5.77. The number of rotatable bonds is 4. The van der Waals surface area contributed by atoms with Gasteiger partial charge in [0, 0.05) is 10.7 Å². The molecule has 0 heterocycles. The zero-order valence-electron chi connectivity index (χ0n) is 10.7. The van der Waals surface area contributed by atoms with Crippen molar-refractivity contribution in [1.82, 2.24) is 5.43 Å². The maximum atomic E-state index is 11.8. The minimum Gasteiger partial charge on any atom is -0.507 e. The van der Waals surface area contributed by atoms with Gasteiger partial charge < -0.3 is 5.11 Å². The minimum atomic E-state index is -0.474. The van der Waals surface area contributed by atoms with Gasteiger partial charge in [0.1, 0.15) is 5.75 Å². The lowest BCUT2D eigenvalue weighted by atomic mass is 10.1. The molecule has 98 valence electrons. The molecule has 0 atom stereocenters. The van der Waals surface area contributed by atoms with Crippen molar-refractivity contribution in [3.63, 3.8) is 0 Å². The summed E-state index contributed by atoms with van der Waals surface area (Å²) in [6.45, 7) is 5.99. The number of hydrogen-bond donors (Lipinski definition) is 2. The lowest BCUT2D eigenvalue weighted by Crippen LogP contribution is -2.19. The van der Waals surface area contributed by atoms with Crippen LogP contribution in [0.3, 0.4) is 0 Å². The number of phenolic OH excluding ortho intramolecular Hbond substituents is 1. The Morgan fingerprint density at radius 1 is 1.50 bits per heavy atom. The van der Waals surface area contributed by atoms with Gasteiger partial charge in [0.25, 0.3) is 5.91 Å². The van der Waals surface area contributed by atoms with E-state index >= 15 is 0 Å². The van der Waals surface area contributed by atoms with Crippen molar-refractivity contribution in [1.29, 1.82) is 0 Å². The van der Waals surface area contributed by atoms with Gasteiger partial charge >= 0.3 is 0 Å². The van der Waals surface area contributed by atoms with Gasteiger partial charge in [-0.15, -0.1) is 0 Å². The Morgan fingerprint density at radius 2 is 2.17 bits per heavy atom. The molecule has 1 amide bonds. The van der Waals surface area contributed by atoms with E-state index in [4.69, 9.17) is 11.6 Å². The third-order valence-electron chi connectivity index (χ3n) is 2.26. The fraction of sp³-hybridized carbons (Fsp3) is 0.385. The number of carbonyl (C=O) groups is 1. The SMILES string of the molecule is C/C(CC(C)C)=N\NC(=O)c1cc(Cl)ccc1O. The van der Waals surface area contributed by atoms with Crippen molar-refractivity contribution >= 4 is 23.2 Å². The number of carbonyl (C=O) groups excluding carboxylic acids is 1. The van der Waals surface area contributed by atoms with E-state index in [0.717, 1.165) is 12.1 Å². The average molecular weight is 269 g/mol. The maximum absolute atomic E-state index is 11.8. The molecule has 1 rings (SSSR count). The molecule has 0 fully saturated rings. The number of phenols is 1. The van der Waals surface area contributed by atoms with Gasteiger partial charge in [-0.2, -0.15) is 5.10 Å². The monoisotopic (exact) mass is 268 g/mol. The number of aromatic hydroxyl groups is 1. The first-order valence-electron chi connectivity index (χ1n) is 5.72. The van der Waals surface area contributed by atoms with Gasteiger partial charge in [-0.3, -0.25) is 4.79 Å². The Hall–Kier alpha value is -1.55. The summed E-state index contributed by atoms with van der Waals surface area (Å²) in [6.07, 6.45) is 0.807. The summed E-state index contributed by atoms with van der Waals surface area (Å²) in [7, 11) is 0. The minimum absolute atomic E-state index is 0.114. The summed E-state index contributed by atoms with van der Waals surface area (Å²) in [4.78, 5) is 11.8. The van der Waals surface area contributed by atoms with Gasteiger partial charge in [0.05, 0.1) is 5.56 Å². The predicted octanol–water partition coefficient (Wildman–Crippen LogP) is 3.20. The van der Waals surface area contributed by atoms with Crippen molar-refractivity contribution in [3.05, 3.63) is 28.8 Å². The van der Waals surface area contributed by atoms with E-state index in [1.165, 1.54) is 18.2 Å². The number of nitrogens with zero attached hydrogens (tertiary/aromatic N) is 1. The van der Waals surface area contributed by atoms with Gasteiger partial charge in [-0.1, -0.05) is 25.4 Å². The van der Waals surface area contributed by atoms with Crippen LogP contribution in [-0.2, 0) is 0 Å². The molecule has 0 aliphatic rings. The molecule has 5 heteroatoms. The molecule has 0 aromatic heterocycles. The molecular formula is C13H17ClN2O2. The molecule has 0 aliphatic heterocycles. The highest BCUT2D eigenvalue weighted by molar-refractivity contribution is 6.31. The van der Waals surface area contributed by atoms with Crippen molar-refractivity contribution in [2.75, 3.05) is 0 Å². The number of hydrogen-bond acceptors (Lipinski definition) is 3. The normalized spacial score (nSPS) is 11.7. The average Bonchev–Trinajstić information content (AvgIpc) is 2.28. The molecule has 0 bridgehead atoms. The molecule has 0 radical (unpaired) electrons. The van der Waals surface area contributed by atoms with E-state index in [-0.39, 0.29) is 11.3 Å². The van der Waals surface area contributed by atoms with Crippen LogP contribution < -0.4 is 5.43 Å².